The highest BCUT2D eigenvalue weighted by Crippen LogP contribution is 2.26. The summed E-state index contributed by atoms with van der Waals surface area (Å²) in [5, 5.41) is 13.5. The third-order valence-corrected chi connectivity index (χ3v) is 2.73. The Kier molecular flexibility index (Phi) is 2.52. The van der Waals surface area contributed by atoms with Crippen molar-refractivity contribution in [3.8, 4) is 0 Å². The number of β-amino-alcohol motifs (C(OH)–C–C–N with tert-alkyl or cyclic N) is 1. The van der Waals surface area contributed by atoms with E-state index in [1.54, 1.807) is 0 Å². The summed E-state index contributed by atoms with van der Waals surface area (Å²) < 4.78 is 0. The molecule has 2 N–H and O–H groups in total. The van der Waals surface area contributed by atoms with E-state index >= 15 is 0 Å². The lowest BCUT2D eigenvalue weighted by molar-refractivity contribution is 0.00812. The van der Waals surface area contributed by atoms with Gasteiger partial charge in [-0.1, -0.05) is 6.07 Å². The Labute approximate surface area is 84.2 Å². The Hall–Kier alpha value is -0.930. The van der Waals surface area contributed by atoms with Crippen molar-refractivity contribution >= 4 is 0 Å². The minimum Gasteiger partial charge on any atom is -0.382 e. The van der Waals surface area contributed by atoms with Crippen molar-refractivity contribution in [3.05, 3.63) is 29.6 Å². The van der Waals surface area contributed by atoms with Crippen LogP contribution in [0.25, 0.3) is 0 Å². The lowest BCUT2D eigenvalue weighted by Gasteiger charge is -2.32. The number of rotatable bonds is 1. The van der Waals surface area contributed by atoms with Gasteiger partial charge in [0.1, 0.15) is 5.60 Å². The zero-order chi connectivity index (χ0) is 10.0. The average molecular weight is 192 g/mol. The molecule has 1 fully saturated rings. The second-order valence-electron chi connectivity index (χ2n) is 3.98. The normalized spacial score (nSPS) is 27.6. The molecule has 0 spiro atoms. The van der Waals surface area contributed by atoms with E-state index in [1.165, 1.54) is 0 Å². The summed E-state index contributed by atoms with van der Waals surface area (Å²) in [6.45, 7) is 3.56. The zero-order valence-electron chi connectivity index (χ0n) is 8.45. The fraction of sp³-hybridized carbons (Fsp3) is 0.545. The van der Waals surface area contributed by atoms with Crippen LogP contribution in [0.3, 0.4) is 0 Å². The molecule has 0 radical (unpaired) electrons. The summed E-state index contributed by atoms with van der Waals surface area (Å²) in [7, 11) is 0. The van der Waals surface area contributed by atoms with Crippen LogP contribution in [-0.2, 0) is 5.60 Å². The quantitative estimate of drug-likeness (QED) is 0.696. The first-order valence-corrected chi connectivity index (χ1v) is 5.08. The van der Waals surface area contributed by atoms with Crippen molar-refractivity contribution in [2.24, 2.45) is 0 Å². The van der Waals surface area contributed by atoms with Gasteiger partial charge in [-0.25, -0.2) is 0 Å². The highest BCUT2D eigenvalue weighted by Gasteiger charge is 2.32. The predicted molar refractivity (Wildman–Crippen MR) is 55.0 cm³/mol. The summed E-state index contributed by atoms with van der Waals surface area (Å²) in [6, 6.07) is 5.80. The number of nitrogens with one attached hydrogen (secondary N) is 1. The van der Waals surface area contributed by atoms with Crippen molar-refractivity contribution in [1.82, 2.24) is 10.3 Å². The Morgan fingerprint density at radius 2 is 2.36 bits per heavy atom. The predicted octanol–water partition coefficient (Wildman–Crippen LogP) is 0.961. The Morgan fingerprint density at radius 3 is 3.00 bits per heavy atom. The molecule has 1 atom stereocenters. The molecule has 0 amide bonds. The van der Waals surface area contributed by atoms with Crippen LogP contribution in [0, 0.1) is 6.92 Å². The molecule has 0 aromatic carbocycles. The number of hydrogen-bond acceptors (Lipinski definition) is 3. The largest absolute Gasteiger partial charge is 0.382 e. The van der Waals surface area contributed by atoms with Gasteiger partial charge in [-0.05, 0) is 38.4 Å². The van der Waals surface area contributed by atoms with Crippen LogP contribution in [0.1, 0.15) is 24.2 Å². The van der Waals surface area contributed by atoms with E-state index in [0.717, 1.165) is 30.8 Å². The van der Waals surface area contributed by atoms with Gasteiger partial charge < -0.3 is 10.4 Å². The maximum Gasteiger partial charge on any atom is 0.119 e. The topological polar surface area (TPSA) is 45.1 Å². The molecule has 0 saturated carbocycles. The second kappa shape index (κ2) is 3.67. The molecule has 76 valence electrons. The minimum atomic E-state index is -0.760. The van der Waals surface area contributed by atoms with Crippen LogP contribution in [-0.4, -0.2) is 23.2 Å². The monoisotopic (exact) mass is 192 g/mol. The molecule has 1 aliphatic rings. The fourth-order valence-corrected chi connectivity index (χ4v) is 1.91. The molecule has 2 heterocycles. The van der Waals surface area contributed by atoms with Gasteiger partial charge >= 0.3 is 0 Å². The molecule has 1 aromatic heterocycles. The zero-order valence-corrected chi connectivity index (χ0v) is 8.45. The molecule has 14 heavy (non-hydrogen) atoms. The van der Waals surface area contributed by atoms with E-state index in [2.05, 4.69) is 10.3 Å². The number of aromatic nitrogens is 1. The van der Waals surface area contributed by atoms with Gasteiger partial charge in [0.15, 0.2) is 0 Å². The molecule has 0 bridgehead atoms. The summed E-state index contributed by atoms with van der Waals surface area (Å²) in [5.41, 5.74) is 0.996. The van der Waals surface area contributed by atoms with Crippen LogP contribution in [0.4, 0.5) is 0 Å². The van der Waals surface area contributed by atoms with Crippen molar-refractivity contribution < 1.29 is 5.11 Å². The summed E-state index contributed by atoms with van der Waals surface area (Å²) in [6.07, 6.45) is 1.81. The number of pyridine rings is 1. The lowest BCUT2D eigenvalue weighted by atomic mass is 9.90. The van der Waals surface area contributed by atoms with E-state index < -0.39 is 5.60 Å². The van der Waals surface area contributed by atoms with E-state index in [-0.39, 0.29) is 0 Å². The van der Waals surface area contributed by atoms with Crippen molar-refractivity contribution in [2.45, 2.75) is 25.4 Å². The molecule has 3 heteroatoms. The van der Waals surface area contributed by atoms with E-state index in [1.807, 2.05) is 25.1 Å². The van der Waals surface area contributed by atoms with Crippen LogP contribution in [0.15, 0.2) is 18.2 Å². The minimum absolute atomic E-state index is 0.615. The maximum atomic E-state index is 10.3. The number of piperidine rings is 1. The van der Waals surface area contributed by atoms with Gasteiger partial charge in [0.2, 0.25) is 0 Å². The molecular weight excluding hydrogens is 176 g/mol. The van der Waals surface area contributed by atoms with Crippen molar-refractivity contribution in [1.29, 1.82) is 0 Å². The van der Waals surface area contributed by atoms with Crippen molar-refractivity contribution in [3.63, 3.8) is 0 Å². The number of nitrogens with zero attached hydrogens (tertiary/aromatic N) is 1. The molecule has 3 nitrogen and oxygen atoms in total. The van der Waals surface area contributed by atoms with Crippen LogP contribution >= 0.6 is 0 Å². The van der Waals surface area contributed by atoms with Gasteiger partial charge in [-0.2, -0.15) is 0 Å². The highest BCUT2D eigenvalue weighted by atomic mass is 16.3. The lowest BCUT2D eigenvalue weighted by Crippen LogP contribution is -2.43. The van der Waals surface area contributed by atoms with Gasteiger partial charge in [-0.3, -0.25) is 4.98 Å². The van der Waals surface area contributed by atoms with Gasteiger partial charge in [0.25, 0.3) is 0 Å². The Balaban J connectivity index is 2.28. The van der Waals surface area contributed by atoms with E-state index in [4.69, 9.17) is 0 Å². The molecule has 1 aromatic rings. The maximum absolute atomic E-state index is 10.3. The second-order valence-corrected chi connectivity index (χ2v) is 3.98. The fourth-order valence-electron chi connectivity index (χ4n) is 1.91. The highest BCUT2D eigenvalue weighted by molar-refractivity contribution is 5.17. The molecule has 2 rings (SSSR count). The number of hydrogen-bond donors (Lipinski definition) is 2. The van der Waals surface area contributed by atoms with Crippen LogP contribution in [0.5, 0.6) is 0 Å². The summed E-state index contributed by atoms with van der Waals surface area (Å²) >= 11 is 0. The van der Waals surface area contributed by atoms with Gasteiger partial charge in [0, 0.05) is 12.2 Å². The Morgan fingerprint density at radius 1 is 1.50 bits per heavy atom. The third-order valence-electron chi connectivity index (χ3n) is 2.73. The standard InChI is InChI=1S/C11H16N2O/c1-9-4-2-5-10(13-9)11(14)6-3-7-12-8-11/h2,4-5,12,14H,3,6-8H2,1H3. The van der Waals surface area contributed by atoms with Crippen LogP contribution < -0.4 is 5.32 Å². The number of aliphatic hydroxyl groups is 1. The first-order chi connectivity index (χ1) is 6.71. The Bertz CT molecular complexity index is 319. The number of aryl methyl sites for hydroxylation is 1. The SMILES string of the molecule is Cc1cccc(C2(O)CCCNC2)n1. The van der Waals surface area contributed by atoms with Crippen molar-refractivity contribution in [2.75, 3.05) is 13.1 Å². The van der Waals surface area contributed by atoms with Gasteiger partial charge in [0.05, 0.1) is 5.69 Å². The molecule has 1 aliphatic heterocycles. The average Bonchev–Trinajstić information content (AvgIpc) is 2.19. The van der Waals surface area contributed by atoms with E-state index in [0.29, 0.717) is 6.54 Å². The van der Waals surface area contributed by atoms with E-state index in [9.17, 15) is 5.11 Å². The first kappa shape index (κ1) is 9.62. The molecule has 1 unspecified atom stereocenters. The third kappa shape index (κ3) is 1.79. The molecule has 0 aliphatic carbocycles. The summed E-state index contributed by atoms with van der Waals surface area (Å²) in [4.78, 5) is 4.38. The van der Waals surface area contributed by atoms with Crippen LogP contribution in [0.2, 0.25) is 0 Å². The smallest absolute Gasteiger partial charge is 0.119 e. The molecule has 1 saturated heterocycles. The van der Waals surface area contributed by atoms with Gasteiger partial charge in [-0.15, -0.1) is 0 Å². The first-order valence-electron chi connectivity index (χ1n) is 5.08. The summed E-state index contributed by atoms with van der Waals surface area (Å²) in [5.74, 6) is 0. The molecular formula is C11H16N2O.